The van der Waals surface area contributed by atoms with Crippen molar-refractivity contribution in [3.8, 4) is 5.75 Å². The van der Waals surface area contributed by atoms with Gasteiger partial charge in [-0.05, 0) is 42.2 Å². The topological polar surface area (TPSA) is 9.23 Å². The molecule has 0 spiro atoms. The van der Waals surface area contributed by atoms with Gasteiger partial charge in [0, 0.05) is 11.4 Å². The van der Waals surface area contributed by atoms with Gasteiger partial charge in [-0.3, -0.25) is 0 Å². The molecule has 0 aliphatic heterocycles. The number of halogens is 6. The molecule has 0 saturated carbocycles. The lowest BCUT2D eigenvalue weighted by molar-refractivity contribution is -0.189. The summed E-state index contributed by atoms with van der Waals surface area (Å²) in [7, 11) is 1.82. The van der Waals surface area contributed by atoms with Crippen molar-refractivity contribution < 1.29 is 31.1 Å². The third-order valence-electron chi connectivity index (χ3n) is 4.55. The molecular weight excluding hydrogens is 425 g/mol. The molecule has 158 valence electrons. The fraction of sp³-hybridized carbons (Fsp3) is 0.182. The first kappa shape index (κ1) is 22.2. The maximum Gasteiger partial charge on any atom is 0.432 e. The van der Waals surface area contributed by atoms with E-state index in [1.807, 2.05) is 22.2 Å². The Labute approximate surface area is 171 Å². The molecule has 0 heterocycles. The number of ether oxygens (including phenoxy) is 1. The average molecular weight is 442 g/mol. The molecule has 30 heavy (non-hydrogen) atoms. The number of benzene rings is 2. The van der Waals surface area contributed by atoms with Crippen LogP contribution >= 0.6 is 9.24 Å². The summed E-state index contributed by atoms with van der Waals surface area (Å²) >= 11 is 0. The summed E-state index contributed by atoms with van der Waals surface area (Å²) in [6, 6.07) is 2.73. The molecule has 0 saturated heterocycles. The summed E-state index contributed by atoms with van der Waals surface area (Å²) in [6.07, 6.45) is 3.99. The fourth-order valence-electron chi connectivity index (χ4n) is 3.01. The molecule has 1 atom stereocenters. The standard InChI is InChI=1S/C22H17F6OP/c1-2-12-4-3-5-13(7-6-12)14-8-16(23)20(17(24)9-14)22(27,28)29-15-10-18(25)21(26)19(30)11-15/h4-11H,2-3,30H2,1H3. The SMILES string of the molecule is CCC1=CCC=C(c2cc(F)c(C(F)(F)Oc3cc(F)c(F)c(P)c3)c(F)c2)C=C1. The number of allylic oxidation sites excluding steroid dienone is 6. The average Bonchev–Trinajstić information content (AvgIpc) is 2.90. The molecule has 1 aliphatic carbocycles. The predicted molar refractivity (Wildman–Crippen MR) is 107 cm³/mol. The molecule has 0 fully saturated rings. The van der Waals surface area contributed by atoms with Crippen molar-refractivity contribution in [2.45, 2.75) is 25.9 Å². The largest absolute Gasteiger partial charge is 0.432 e. The van der Waals surface area contributed by atoms with Gasteiger partial charge < -0.3 is 4.74 Å². The lowest BCUT2D eigenvalue weighted by atomic mass is 10.0. The second-order valence-corrected chi connectivity index (χ2v) is 7.23. The van der Waals surface area contributed by atoms with Crippen molar-refractivity contribution in [3.63, 3.8) is 0 Å². The van der Waals surface area contributed by atoms with Crippen molar-refractivity contribution >= 4 is 20.1 Å². The molecule has 1 unspecified atom stereocenters. The van der Waals surface area contributed by atoms with Gasteiger partial charge in [-0.15, -0.1) is 9.24 Å². The minimum Gasteiger partial charge on any atom is -0.429 e. The Morgan fingerprint density at radius 3 is 2.20 bits per heavy atom. The van der Waals surface area contributed by atoms with Crippen LogP contribution in [0.5, 0.6) is 5.75 Å². The van der Waals surface area contributed by atoms with Gasteiger partial charge in [0.2, 0.25) is 0 Å². The van der Waals surface area contributed by atoms with Crippen molar-refractivity contribution in [2.24, 2.45) is 0 Å². The van der Waals surface area contributed by atoms with Crippen molar-refractivity contribution in [1.29, 1.82) is 0 Å². The number of hydrogen-bond donors (Lipinski definition) is 0. The first-order chi connectivity index (χ1) is 14.1. The highest BCUT2D eigenvalue weighted by molar-refractivity contribution is 7.27. The van der Waals surface area contributed by atoms with Crippen LogP contribution in [0.15, 0.2) is 54.1 Å². The van der Waals surface area contributed by atoms with Crippen LogP contribution in [0.1, 0.15) is 30.9 Å². The van der Waals surface area contributed by atoms with E-state index in [-0.39, 0.29) is 10.9 Å². The summed E-state index contributed by atoms with van der Waals surface area (Å²) in [5.74, 6) is -6.52. The molecule has 2 aromatic carbocycles. The highest BCUT2D eigenvalue weighted by Gasteiger charge is 2.41. The van der Waals surface area contributed by atoms with Crippen LogP contribution in [-0.4, -0.2) is 0 Å². The van der Waals surface area contributed by atoms with Crippen molar-refractivity contribution in [1.82, 2.24) is 0 Å². The summed E-state index contributed by atoms with van der Waals surface area (Å²) in [5, 5.41) is -0.371. The number of alkyl halides is 2. The zero-order valence-corrected chi connectivity index (χ0v) is 16.9. The van der Waals surface area contributed by atoms with E-state index < -0.39 is 40.7 Å². The highest BCUT2D eigenvalue weighted by Crippen LogP contribution is 2.37. The zero-order chi connectivity index (χ0) is 22.1. The van der Waals surface area contributed by atoms with E-state index in [2.05, 4.69) is 4.74 Å². The summed E-state index contributed by atoms with van der Waals surface area (Å²) in [5.41, 5.74) is -0.00578. The Morgan fingerprint density at radius 1 is 0.933 bits per heavy atom. The van der Waals surface area contributed by atoms with Crippen LogP contribution in [-0.2, 0) is 6.11 Å². The van der Waals surface area contributed by atoms with E-state index in [0.717, 1.165) is 30.2 Å². The Balaban J connectivity index is 1.94. The Hall–Kier alpha value is -2.53. The quantitative estimate of drug-likeness (QED) is 0.377. The lowest BCUT2D eigenvalue weighted by Gasteiger charge is -2.20. The summed E-state index contributed by atoms with van der Waals surface area (Å²) in [6.45, 7) is 1.96. The maximum atomic E-state index is 14.5. The molecule has 8 heteroatoms. The third-order valence-corrected chi connectivity index (χ3v) is 4.97. The first-order valence-corrected chi connectivity index (χ1v) is 9.58. The van der Waals surface area contributed by atoms with E-state index in [4.69, 9.17) is 0 Å². The normalized spacial score (nSPS) is 14.3. The molecule has 0 N–H and O–H groups in total. The third kappa shape index (κ3) is 4.62. The smallest absolute Gasteiger partial charge is 0.429 e. The molecule has 0 amide bonds. The minimum absolute atomic E-state index is 0.0895. The monoisotopic (exact) mass is 442 g/mol. The Morgan fingerprint density at radius 2 is 1.60 bits per heavy atom. The van der Waals surface area contributed by atoms with Gasteiger partial charge in [0.05, 0.1) is 0 Å². The van der Waals surface area contributed by atoms with Crippen LogP contribution < -0.4 is 10.0 Å². The van der Waals surface area contributed by atoms with Gasteiger partial charge in [-0.2, -0.15) is 8.78 Å². The fourth-order valence-corrected chi connectivity index (χ4v) is 3.31. The summed E-state index contributed by atoms with van der Waals surface area (Å²) < 4.78 is 89.2. The van der Waals surface area contributed by atoms with E-state index >= 15 is 0 Å². The molecule has 3 rings (SSSR count). The van der Waals surface area contributed by atoms with E-state index in [0.29, 0.717) is 18.1 Å². The zero-order valence-electron chi connectivity index (χ0n) is 15.8. The van der Waals surface area contributed by atoms with Gasteiger partial charge in [-0.1, -0.05) is 36.8 Å². The van der Waals surface area contributed by atoms with Crippen LogP contribution in [0, 0.1) is 23.3 Å². The van der Waals surface area contributed by atoms with Crippen molar-refractivity contribution in [3.05, 3.63) is 88.5 Å². The Bertz CT molecular complexity index is 1030. The van der Waals surface area contributed by atoms with Gasteiger partial charge in [0.1, 0.15) is 22.9 Å². The molecule has 0 aromatic heterocycles. The first-order valence-electron chi connectivity index (χ1n) is 9.01. The van der Waals surface area contributed by atoms with E-state index in [1.165, 1.54) is 0 Å². The number of rotatable bonds is 5. The van der Waals surface area contributed by atoms with Crippen LogP contribution in [0.4, 0.5) is 26.3 Å². The lowest BCUT2D eigenvalue weighted by Crippen LogP contribution is -2.26. The molecule has 1 nitrogen and oxygen atoms in total. The second kappa shape index (κ2) is 8.68. The maximum absolute atomic E-state index is 14.5. The minimum atomic E-state index is -4.46. The van der Waals surface area contributed by atoms with Crippen LogP contribution in [0.3, 0.4) is 0 Å². The highest BCUT2D eigenvalue weighted by atomic mass is 31.0. The van der Waals surface area contributed by atoms with Crippen LogP contribution in [0.25, 0.3) is 5.57 Å². The molecular formula is C22H17F6OP. The summed E-state index contributed by atoms with van der Waals surface area (Å²) in [4.78, 5) is 0. The predicted octanol–water partition coefficient (Wildman–Crippen LogP) is 6.55. The van der Waals surface area contributed by atoms with Gasteiger partial charge in [0.15, 0.2) is 11.6 Å². The van der Waals surface area contributed by atoms with E-state index in [1.54, 1.807) is 18.2 Å². The van der Waals surface area contributed by atoms with Crippen LogP contribution in [0.2, 0.25) is 0 Å². The number of hydrogen-bond acceptors (Lipinski definition) is 1. The molecule has 0 radical (unpaired) electrons. The Kier molecular flexibility index (Phi) is 6.41. The second-order valence-electron chi connectivity index (χ2n) is 6.60. The molecule has 0 bridgehead atoms. The van der Waals surface area contributed by atoms with Gasteiger partial charge in [-0.25, -0.2) is 17.6 Å². The van der Waals surface area contributed by atoms with Gasteiger partial charge >= 0.3 is 6.11 Å². The van der Waals surface area contributed by atoms with Crippen molar-refractivity contribution in [2.75, 3.05) is 0 Å². The van der Waals surface area contributed by atoms with E-state index in [9.17, 15) is 26.3 Å². The molecule has 2 aromatic rings. The molecule has 1 aliphatic rings. The van der Waals surface area contributed by atoms with Gasteiger partial charge in [0.25, 0.3) is 0 Å².